The summed E-state index contributed by atoms with van der Waals surface area (Å²) in [5, 5.41) is 30.0. The molecule has 1 aliphatic heterocycles. The maximum Gasteiger partial charge on any atom is 0.306 e. The van der Waals surface area contributed by atoms with E-state index in [0.29, 0.717) is 49.9 Å². The van der Waals surface area contributed by atoms with Gasteiger partial charge in [-0.15, -0.1) is 0 Å². The number of carboxylic acid groups (broad SMARTS) is 1. The lowest BCUT2D eigenvalue weighted by molar-refractivity contribution is -0.144. The lowest BCUT2D eigenvalue weighted by Crippen LogP contribution is -2.58. The maximum atomic E-state index is 14.0. The number of rotatable bonds is 18. The number of nitrogens with zero attached hydrogens (tertiary/aromatic N) is 1. The van der Waals surface area contributed by atoms with Gasteiger partial charge in [0, 0.05) is 6.42 Å². The Labute approximate surface area is 305 Å². The Morgan fingerprint density at radius 1 is 0.885 bits per heavy atom. The second kappa shape index (κ2) is 23.0. The van der Waals surface area contributed by atoms with Crippen LogP contribution in [0.15, 0.2) is 36.4 Å². The smallest absolute Gasteiger partial charge is 0.306 e. The quantitative estimate of drug-likeness (QED) is 0.0770. The summed E-state index contributed by atoms with van der Waals surface area (Å²) in [7, 11) is 0. The molecule has 52 heavy (non-hydrogen) atoms. The van der Waals surface area contributed by atoms with E-state index < -0.39 is 71.5 Å². The van der Waals surface area contributed by atoms with E-state index in [1.54, 1.807) is 36.4 Å². The molecule has 4 amide bonds. The van der Waals surface area contributed by atoms with Gasteiger partial charge >= 0.3 is 5.97 Å². The van der Waals surface area contributed by atoms with Crippen LogP contribution in [-0.4, -0.2) is 83.8 Å². The molecule has 15 nitrogen and oxygen atoms in total. The SMILES string of the molecule is CC(C)C[C@H](CC(=O)[C@H](Cc1ccc(C#N)cc1)NC(=O)[C@@H]1CC=CC[C@H](N)C(=O)N[C@@H](CCCCN)C(=O)N[C@@H](CCCCN)C(=O)N1)C(=O)O. The van der Waals surface area contributed by atoms with Crippen LogP contribution in [0.5, 0.6) is 0 Å². The van der Waals surface area contributed by atoms with E-state index in [1.165, 1.54) is 0 Å². The van der Waals surface area contributed by atoms with E-state index in [2.05, 4.69) is 21.3 Å². The monoisotopic (exact) mass is 724 g/mol. The number of carboxylic acids is 1. The highest BCUT2D eigenvalue weighted by Crippen LogP contribution is 2.19. The Hall–Kier alpha value is -4.65. The first-order valence-corrected chi connectivity index (χ1v) is 18.1. The highest BCUT2D eigenvalue weighted by atomic mass is 16.4. The van der Waals surface area contributed by atoms with E-state index in [4.69, 9.17) is 17.2 Å². The number of nitriles is 1. The lowest BCUT2D eigenvalue weighted by atomic mass is 9.89. The van der Waals surface area contributed by atoms with Crippen molar-refractivity contribution in [2.75, 3.05) is 13.1 Å². The minimum atomic E-state index is -1.21. The van der Waals surface area contributed by atoms with Gasteiger partial charge in [0.25, 0.3) is 0 Å². The number of benzene rings is 1. The molecule has 0 unspecified atom stereocenters. The molecule has 0 radical (unpaired) electrons. The van der Waals surface area contributed by atoms with Crippen LogP contribution in [0.2, 0.25) is 0 Å². The number of unbranched alkanes of at least 4 members (excludes halogenated alkanes) is 2. The van der Waals surface area contributed by atoms with E-state index in [-0.39, 0.29) is 50.9 Å². The molecule has 0 fully saturated rings. The van der Waals surface area contributed by atoms with Crippen LogP contribution in [0.4, 0.5) is 0 Å². The Kier molecular flexibility index (Phi) is 19.3. The largest absolute Gasteiger partial charge is 0.481 e. The fourth-order valence-corrected chi connectivity index (χ4v) is 5.85. The Balaban J connectivity index is 2.45. The first-order valence-electron chi connectivity index (χ1n) is 18.1. The summed E-state index contributed by atoms with van der Waals surface area (Å²) in [6.45, 7) is 4.47. The predicted octanol–water partition coefficient (Wildman–Crippen LogP) is 0.681. The van der Waals surface area contributed by atoms with Gasteiger partial charge in [0.05, 0.1) is 29.6 Å². The van der Waals surface area contributed by atoms with Crippen LogP contribution >= 0.6 is 0 Å². The second-order valence-corrected chi connectivity index (χ2v) is 13.7. The number of aliphatic carboxylic acids is 1. The highest BCUT2D eigenvalue weighted by Gasteiger charge is 2.33. The molecule has 1 aliphatic rings. The molecule has 0 saturated heterocycles. The molecule has 286 valence electrons. The van der Waals surface area contributed by atoms with Crippen molar-refractivity contribution in [3.8, 4) is 6.07 Å². The number of nitrogens with two attached hydrogens (primary N) is 3. The van der Waals surface area contributed by atoms with Crippen molar-refractivity contribution >= 4 is 35.4 Å². The van der Waals surface area contributed by atoms with E-state index >= 15 is 0 Å². The molecule has 1 heterocycles. The van der Waals surface area contributed by atoms with Crippen LogP contribution in [0.3, 0.4) is 0 Å². The molecular weight excluding hydrogens is 668 g/mol. The number of hydrogen-bond donors (Lipinski definition) is 8. The number of ketones is 1. The number of carbonyl (C=O) groups excluding carboxylic acids is 5. The second-order valence-electron chi connectivity index (χ2n) is 13.7. The van der Waals surface area contributed by atoms with Crippen molar-refractivity contribution < 1.29 is 33.9 Å². The van der Waals surface area contributed by atoms with E-state index in [9.17, 15) is 39.1 Å². The summed E-state index contributed by atoms with van der Waals surface area (Å²) < 4.78 is 0. The Morgan fingerprint density at radius 3 is 1.98 bits per heavy atom. The van der Waals surface area contributed by atoms with Gasteiger partial charge in [-0.25, -0.2) is 0 Å². The first kappa shape index (κ1) is 43.5. The zero-order chi connectivity index (χ0) is 38.6. The fraction of sp³-hybridized carbons (Fsp3) is 0.595. The van der Waals surface area contributed by atoms with Crippen LogP contribution < -0.4 is 38.5 Å². The lowest BCUT2D eigenvalue weighted by Gasteiger charge is -2.27. The fourth-order valence-electron chi connectivity index (χ4n) is 5.85. The molecule has 0 aliphatic carbocycles. The molecule has 1 aromatic rings. The van der Waals surface area contributed by atoms with Gasteiger partial charge in [0.2, 0.25) is 23.6 Å². The maximum absolute atomic E-state index is 14.0. The van der Waals surface area contributed by atoms with Gasteiger partial charge in [-0.3, -0.25) is 28.8 Å². The van der Waals surface area contributed by atoms with Crippen LogP contribution in [-0.2, 0) is 35.2 Å². The van der Waals surface area contributed by atoms with Gasteiger partial charge in [-0.2, -0.15) is 5.26 Å². The van der Waals surface area contributed by atoms with Gasteiger partial charge < -0.3 is 43.6 Å². The summed E-state index contributed by atoms with van der Waals surface area (Å²) in [4.78, 5) is 79.9. The molecule has 1 aromatic carbocycles. The topological polar surface area (TPSA) is 273 Å². The van der Waals surface area contributed by atoms with E-state index in [1.807, 2.05) is 19.9 Å². The van der Waals surface area contributed by atoms with Gasteiger partial charge in [-0.05, 0) is 101 Å². The minimum absolute atomic E-state index is 0.00545. The number of hydrogen-bond acceptors (Lipinski definition) is 10. The molecule has 0 saturated carbocycles. The molecule has 15 heteroatoms. The van der Waals surface area contributed by atoms with Crippen molar-refractivity contribution in [3.63, 3.8) is 0 Å². The summed E-state index contributed by atoms with van der Waals surface area (Å²) in [5.74, 6) is -5.06. The van der Waals surface area contributed by atoms with Crippen molar-refractivity contribution in [1.29, 1.82) is 5.26 Å². The molecule has 11 N–H and O–H groups in total. The van der Waals surface area contributed by atoms with Gasteiger partial charge in [-0.1, -0.05) is 38.1 Å². The minimum Gasteiger partial charge on any atom is -0.481 e. The zero-order valence-electron chi connectivity index (χ0n) is 30.3. The molecular formula is C37H56N8O7. The number of nitrogens with one attached hydrogen (secondary N) is 4. The number of amides is 4. The normalized spacial score (nSPS) is 21.1. The van der Waals surface area contributed by atoms with Crippen LogP contribution in [0.1, 0.15) is 89.2 Å². The van der Waals surface area contributed by atoms with Gasteiger partial charge in [0.15, 0.2) is 5.78 Å². The third-order valence-electron chi connectivity index (χ3n) is 8.84. The molecule has 0 bridgehead atoms. The average Bonchev–Trinajstić information content (AvgIpc) is 3.10. The molecule has 0 aromatic heterocycles. The van der Waals surface area contributed by atoms with Crippen molar-refractivity contribution in [2.45, 2.75) is 115 Å². The molecule has 2 rings (SSSR count). The molecule has 0 spiro atoms. The predicted molar refractivity (Wildman–Crippen MR) is 195 cm³/mol. The summed E-state index contributed by atoms with van der Waals surface area (Å²) in [6.07, 6.45) is 5.89. The summed E-state index contributed by atoms with van der Waals surface area (Å²) in [5.41, 5.74) is 18.5. The van der Waals surface area contributed by atoms with Crippen LogP contribution in [0.25, 0.3) is 0 Å². The highest BCUT2D eigenvalue weighted by molar-refractivity contribution is 5.96. The summed E-state index contributed by atoms with van der Waals surface area (Å²) in [6, 6.07) is 3.07. The standard InChI is InChI=1S/C37H56N8O7/c1-23(2)19-26(37(51)52)21-32(46)31(20-24-13-15-25(22-40)16-14-24)45-36(50)29-10-4-3-9-27(41)33(47)42-28(11-5-7-17-38)34(48)44-30(35(49)43-29)12-6-8-18-39/h3-4,13-16,23,26-31H,5-12,17-21,38-39,41H2,1-2H3,(H,42,47)(H,43,49)(H,44,48)(H,45,50)(H,51,52)/t26-,27+,28+,29+,30+,31+/m1/s1. The number of Topliss-reactive ketones (excluding diaryl/α,β-unsaturated/α-hetero) is 1. The Morgan fingerprint density at radius 2 is 1.44 bits per heavy atom. The average molecular weight is 725 g/mol. The van der Waals surface area contributed by atoms with Crippen molar-refractivity contribution in [3.05, 3.63) is 47.5 Å². The summed E-state index contributed by atoms with van der Waals surface area (Å²) >= 11 is 0. The van der Waals surface area contributed by atoms with Gasteiger partial charge in [0.1, 0.15) is 18.1 Å². The third kappa shape index (κ3) is 15.3. The van der Waals surface area contributed by atoms with Crippen molar-refractivity contribution in [2.24, 2.45) is 29.0 Å². The van der Waals surface area contributed by atoms with Crippen molar-refractivity contribution in [1.82, 2.24) is 21.3 Å². The van der Waals surface area contributed by atoms with E-state index in [0.717, 1.165) is 0 Å². The third-order valence-corrected chi connectivity index (χ3v) is 8.84. The zero-order valence-corrected chi connectivity index (χ0v) is 30.3. The number of carbonyl (C=O) groups is 6. The Bertz CT molecular complexity index is 1430. The molecule has 6 atom stereocenters. The van der Waals surface area contributed by atoms with Crippen LogP contribution in [0, 0.1) is 23.2 Å². The first-order chi connectivity index (χ1) is 24.8.